The maximum absolute atomic E-state index is 12.2. The summed E-state index contributed by atoms with van der Waals surface area (Å²) < 4.78 is 36.5. The van der Waals surface area contributed by atoms with Crippen LogP contribution in [0.1, 0.15) is 19.5 Å². The number of anilines is 1. The van der Waals surface area contributed by atoms with Crippen molar-refractivity contribution >= 4 is 5.82 Å². The number of aromatic nitrogens is 2. The van der Waals surface area contributed by atoms with Gasteiger partial charge in [-0.05, 0) is 26.0 Å². The zero-order chi connectivity index (χ0) is 12.4. The lowest BCUT2D eigenvalue weighted by Crippen LogP contribution is -2.29. The molecule has 0 aliphatic carbocycles. The largest absolute Gasteiger partial charge is 0.435 e. The monoisotopic (exact) mass is 229 g/mol. The van der Waals surface area contributed by atoms with E-state index in [0.29, 0.717) is 0 Å². The van der Waals surface area contributed by atoms with E-state index in [9.17, 15) is 13.2 Å². The first kappa shape index (κ1) is 12.3. The molecule has 0 saturated carbocycles. The van der Waals surface area contributed by atoms with E-state index in [4.69, 9.17) is 6.42 Å². The molecule has 0 aliphatic heterocycles. The van der Waals surface area contributed by atoms with Crippen LogP contribution in [0.2, 0.25) is 0 Å². The standard InChI is InChI=1S/C10H10F3N3/c1-4-9(2,3)14-8-6-5-7(15-16-8)10(11,12)13/h1,5-6H,2-3H3,(H,14,16). The fourth-order valence-corrected chi connectivity index (χ4v) is 0.906. The third-order valence-electron chi connectivity index (χ3n) is 1.76. The van der Waals surface area contributed by atoms with Crippen LogP contribution >= 0.6 is 0 Å². The van der Waals surface area contributed by atoms with Gasteiger partial charge in [-0.1, -0.05) is 5.92 Å². The highest BCUT2D eigenvalue weighted by Gasteiger charge is 2.33. The molecular formula is C10H10F3N3. The van der Waals surface area contributed by atoms with Crippen molar-refractivity contribution < 1.29 is 13.2 Å². The van der Waals surface area contributed by atoms with Crippen molar-refractivity contribution in [3.05, 3.63) is 17.8 Å². The summed E-state index contributed by atoms with van der Waals surface area (Å²) in [6.45, 7) is 3.40. The van der Waals surface area contributed by atoms with E-state index in [-0.39, 0.29) is 5.82 Å². The van der Waals surface area contributed by atoms with Gasteiger partial charge >= 0.3 is 6.18 Å². The molecule has 0 radical (unpaired) electrons. The average molecular weight is 229 g/mol. The van der Waals surface area contributed by atoms with E-state index in [2.05, 4.69) is 21.4 Å². The third-order valence-corrected chi connectivity index (χ3v) is 1.76. The first-order valence-electron chi connectivity index (χ1n) is 4.41. The van der Waals surface area contributed by atoms with Crippen LogP contribution in [0.4, 0.5) is 19.0 Å². The minimum atomic E-state index is -4.48. The molecule has 0 aliphatic rings. The average Bonchev–Trinajstić information content (AvgIpc) is 2.16. The number of hydrogen-bond donors (Lipinski definition) is 1. The molecule has 0 spiro atoms. The summed E-state index contributed by atoms with van der Waals surface area (Å²) >= 11 is 0. The molecule has 3 nitrogen and oxygen atoms in total. The Balaban J connectivity index is 2.85. The molecule has 1 heterocycles. The summed E-state index contributed by atoms with van der Waals surface area (Å²) in [5.74, 6) is 2.64. The van der Waals surface area contributed by atoms with Crippen molar-refractivity contribution in [3.8, 4) is 12.3 Å². The molecule has 0 amide bonds. The van der Waals surface area contributed by atoms with Crippen molar-refractivity contribution in [1.29, 1.82) is 0 Å². The quantitative estimate of drug-likeness (QED) is 0.791. The van der Waals surface area contributed by atoms with Crippen LogP contribution in [0, 0.1) is 12.3 Å². The van der Waals surface area contributed by atoms with E-state index < -0.39 is 17.4 Å². The second-order valence-corrected chi connectivity index (χ2v) is 3.70. The van der Waals surface area contributed by atoms with Gasteiger partial charge in [0.2, 0.25) is 0 Å². The molecule has 1 N–H and O–H groups in total. The molecule has 16 heavy (non-hydrogen) atoms. The van der Waals surface area contributed by atoms with Crippen molar-refractivity contribution in [1.82, 2.24) is 10.2 Å². The molecule has 86 valence electrons. The van der Waals surface area contributed by atoms with E-state index in [1.807, 2.05) is 0 Å². The number of hydrogen-bond acceptors (Lipinski definition) is 3. The first-order valence-corrected chi connectivity index (χ1v) is 4.41. The van der Waals surface area contributed by atoms with Gasteiger partial charge in [0.05, 0.1) is 5.54 Å². The summed E-state index contributed by atoms with van der Waals surface area (Å²) in [6.07, 6.45) is 0.734. The molecule has 1 aromatic heterocycles. The topological polar surface area (TPSA) is 37.8 Å². The maximum Gasteiger partial charge on any atom is 0.435 e. The molecule has 1 rings (SSSR count). The Morgan fingerprint density at radius 3 is 2.25 bits per heavy atom. The minimum Gasteiger partial charge on any atom is -0.353 e. The molecule has 0 unspecified atom stereocenters. The second kappa shape index (κ2) is 4.00. The van der Waals surface area contributed by atoms with Crippen molar-refractivity contribution in [3.63, 3.8) is 0 Å². The van der Waals surface area contributed by atoms with Crippen molar-refractivity contribution in [2.45, 2.75) is 25.6 Å². The van der Waals surface area contributed by atoms with Gasteiger partial charge in [-0.3, -0.25) is 0 Å². The highest BCUT2D eigenvalue weighted by Crippen LogP contribution is 2.27. The maximum atomic E-state index is 12.2. The van der Waals surface area contributed by atoms with Gasteiger partial charge < -0.3 is 5.32 Å². The molecular weight excluding hydrogens is 219 g/mol. The van der Waals surface area contributed by atoms with Crippen LogP contribution in [0.15, 0.2) is 12.1 Å². The zero-order valence-corrected chi connectivity index (χ0v) is 8.76. The smallest absolute Gasteiger partial charge is 0.353 e. The minimum absolute atomic E-state index is 0.205. The Morgan fingerprint density at radius 1 is 1.25 bits per heavy atom. The van der Waals surface area contributed by atoms with Gasteiger partial charge in [-0.15, -0.1) is 16.6 Å². The Hall–Kier alpha value is -1.77. The summed E-state index contributed by atoms with van der Waals surface area (Å²) in [7, 11) is 0. The number of rotatable bonds is 2. The van der Waals surface area contributed by atoms with E-state index >= 15 is 0 Å². The molecule has 0 saturated heterocycles. The lowest BCUT2D eigenvalue weighted by Gasteiger charge is -2.19. The summed E-state index contributed by atoms with van der Waals surface area (Å²) in [6, 6.07) is 2.04. The van der Waals surface area contributed by atoms with Crippen molar-refractivity contribution in [2.24, 2.45) is 0 Å². The van der Waals surface area contributed by atoms with E-state index in [1.165, 1.54) is 6.07 Å². The van der Waals surface area contributed by atoms with Crippen LogP contribution in [0.5, 0.6) is 0 Å². The predicted octanol–water partition coefficient (Wildman–Crippen LogP) is 2.32. The third kappa shape index (κ3) is 3.12. The van der Waals surface area contributed by atoms with E-state index in [1.54, 1.807) is 13.8 Å². The van der Waals surface area contributed by atoms with Crippen LogP contribution in [-0.4, -0.2) is 15.7 Å². The lowest BCUT2D eigenvalue weighted by atomic mass is 10.1. The molecule has 6 heteroatoms. The van der Waals surface area contributed by atoms with Crippen LogP contribution < -0.4 is 5.32 Å². The van der Waals surface area contributed by atoms with Gasteiger partial charge in [0.1, 0.15) is 5.82 Å². The molecule has 0 aromatic carbocycles. The summed E-state index contributed by atoms with van der Waals surface area (Å²) in [4.78, 5) is 0. The fourth-order valence-electron chi connectivity index (χ4n) is 0.906. The number of terminal acetylenes is 1. The highest BCUT2D eigenvalue weighted by molar-refractivity contribution is 5.39. The Bertz CT molecular complexity index is 401. The van der Waals surface area contributed by atoms with Crippen molar-refractivity contribution in [2.75, 3.05) is 5.32 Å². The normalized spacial score (nSPS) is 12.0. The highest BCUT2D eigenvalue weighted by atomic mass is 19.4. The van der Waals surface area contributed by atoms with Crippen LogP contribution in [0.25, 0.3) is 0 Å². The Kier molecular flexibility index (Phi) is 3.08. The predicted molar refractivity (Wildman–Crippen MR) is 53.6 cm³/mol. The van der Waals surface area contributed by atoms with Gasteiger partial charge in [-0.25, -0.2) is 0 Å². The fraction of sp³-hybridized carbons (Fsp3) is 0.400. The van der Waals surface area contributed by atoms with E-state index in [0.717, 1.165) is 6.07 Å². The van der Waals surface area contributed by atoms with Gasteiger partial charge in [0.25, 0.3) is 0 Å². The Morgan fingerprint density at radius 2 is 1.88 bits per heavy atom. The van der Waals surface area contributed by atoms with Gasteiger partial charge in [0.15, 0.2) is 5.69 Å². The lowest BCUT2D eigenvalue weighted by molar-refractivity contribution is -0.141. The molecule has 1 aromatic rings. The first-order chi connectivity index (χ1) is 7.24. The van der Waals surface area contributed by atoms with Crippen LogP contribution in [0.3, 0.4) is 0 Å². The molecule has 0 bridgehead atoms. The molecule has 0 fully saturated rings. The number of nitrogens with one attached hydrogen (secondary N) is 1. The number of alkyl halides is 3. The number of halogens is 3. The SMILES string of the molecule is C#CC(C)(C)Nc1ccc(C(F)(F)F)nn1. The van der Waals surface area contributed by atoms with Gasteiger partial charge in [0, 0.05) is 0 Å². The summed E-state index contributed by atoms with van der Waals surface area (Å²) in [5.41, 5.74) is -1.72. The Labute approximate surface area is 91.1 Å². The zero-order valence-electron chi connectivity index (χ0n) is 8.76. The molecule has 0 atom stereocenters. The number of nitrogens with zero attached hydrogens (tertiary/aromatic N) is 2. The summed E-state index contributed by atoms with van der Waals surface area (Å²) in [5, 5.41) is 9.23. The van der Waals surface area contributed by atoms with Gasteiger partial charge in [-0.2, -0.15) is 13.2 Å². The van der Waals surface area contributed by atoms with Crippen LogP contribution in [-0.2, 0) is 6.18 Å². The second-order valence-electron chi connectivity index (χ2n) is 3.70.